The minimum Gasteiger partial charge on any atom is -0.495 e. The molecule has 0 spiro atoms. The summed E-state index contributed by atoms with van der Waals surface area (Å²) in [7, 11) is 1.54. The molecule has 0 heterocycles. The van der Waals surface area contributed by atoms with Crippen molar-refractivity contribution in [3.05, 3.63) is 18.2 Å². The topological polar surface area (TPSA) is 93.5 Å². The SMILES string of the molecule is COc1ccc(NC(C)=O)cc1NC(=O)C1CCC(N)C1.Cl. The fourth-order valence-corrected chi connectivity index (χ4v) is 2.58. The Kier molecular flexibility index (Phi) is 6.64. The molecule has 1 fully saturated rings. The molecule has 0 radical (unpaired) electrons. The summed E-state index contributed by atoms with van der Waals surface area (Å²) in [5, 5.41) is 5.55. The van der Waals surface area contributed by atoms with Gasteiger partial charge in [0.2, 0.25) is 11.8 Å². The van der Waals surface area contributed by atoms with Crippen molar-refractivity contribution in [1.82, 2.24) is 0 Å². The molecule has 1 aromatic rings. The van der Waals surface area contributed by atoms with Gasteiger partial charge >= 0.3 is 0 Å². The van der Waals surface area contributed by atoms with Gasteiger partial charge in [0.05, 0.1) is 12.8 Å². The first kappa shape index (κ1) is 18.3. The highest BCUT2D eigenvalue weighted by Crippen LogP contribution is 2.30. The van der Waals surface area contributed by atoms with Crippen LogP contribution in [0.25, 0.3) is 0 Å². The van der Waals surface area contributed by atoms with Crippen molar-refractivity contribution >= 4 is 35.6 Å². The Bertz CT molecular complexity index is 551. The van der Waals surface area contributed by atoms with Gasteiger partial charge in [0, 0.05) is 24.6 Å². The van der Waals surface area contributed by atoms with Crippen molar-refractivity contribution in [2.45, 2.75) is 32.2 Å². The molecule has 2 unspecified atom stereocenters. The third-order valence-electron chi connectivity index (χ3n) is 3.62. The van der Waals surface area contributed by atoms with Crippen molar-refractivity contribution < 1.29 is 14.3 Å². The summed E-state index contributed by atoms with van der Waals surface area (Å²) < 4.78 is 5.24. The first-order valence-electron chi connectivity index (χ1n) is 7.01. The third kappa shape index (κ3) is 4.61. The molecule has 1 saturated carbocycles. The van der Waals surface area contributed by atoms with Gasteiger partial charge in [-0.1, -0.05) is 0 Å². The second kappa shape index (κ2) is 8.00. The van der Waals surface area contributed by atoms with Crippen molar-refractivity contribution in [3.8, 4) is 5.75 Å². The number of nitrogens with one attached hydrogen (secondary N) is 2. The van der Waals surface area contributed by atoms with Crippen LogP contribution in [0.3, 0.4) is 0 Å². The molecule has 7 heteroatoms. The maximum atomic E-state index is 12.3. The number of amides is 2. The van der Waals surface area contributed by atoms with E-state index < -0.39 is 0 Å². The summed E-state index contributed by atoms with van der Waals surface area (Å²) in [5.74, 6) is 0.273. The van der Waals surface area contributed by atoms with Crippen LogP contribution in [0.15, 0.2) is 18.2 Å². The predicted molar refractivity (Wildman–Crippen MR) is 88.5 cm³/mol. The van der Waals surface area contributed by atoms with Crippen LogP contribution in [0, 0.1) is 5.92 Å². The molecule has 2 amide bonds. The summed E-state index contributed by atoms with van der Waals surface area (Å²) in [6, 6.07) is 5.23. The quantitative estimate of drug-likeness (QED) is 0.789. The van der Waals surface area contributed by atoms with Gasteiger partial charge in [-0.15, -0.1) is 12.4 Å². The van der Waals surface area contributed by atoms with Crippen LogP contribution < -0.4 is 21.1 Å². The molecule has 2 atom stereocenters. The van der Waals surface area contributed by atoms with Crippen LogP contribution in [-0.4, -0.2) is 25.0 Å². The Labute approximate surface area is 136 Å². The summed E-state index contributed by atoms with van der Waals surface area (Å²) >= 11 is 0. The molecule has 0 bridgehead atoms. The summed E-state index contributed by atoms with van der Waals surface area (Å²) in [4.78, 5) is 23.4. The Hall–Kier alpha value is -1.79. The van der Waals surface area contributed by atoms with Gasteiger partial charge in [0.25, 0.3) is 0 Å². The van der Waals surface area contributed by atoms with E-state index in [1.54, 1.807) is 18.2 Å². The van der Waals surface area contributed by atoms with Gasteiger partial charge < -0.3 is 21.1 Å². The first-order chi connectivity index (χ1) is 9.99. The van der Waals surface area contributed by atoms with Crippen molar-refractivity contribution in [2.75, 3.05) is 17.7 Å². The number of carbonyl (C=O) groups excluding carboxylic acids is 2. The van der Waals surface area contributed by atoms with Crippen molar-refractivity contribution in [1.29, 1.82) is 0 Å². The number of hydrogen-bond acceptors (Lipinski definition) is 4. The van der Waals surface area contributed by atoms with Crippen LogP contribution >= 0.6 is 12.4 Å². The molecule has 0 aromatic heterocycles. The van der Waals surface area contributed by atoms with Gasteiger partial charge in [0.1, 0.15) is 5.75 Å². The minimum absolute atomic E-state index is 0. The van der Waals surface area contributed by atoms with E-state index in [1.807, 2.05) is 0 Å². The fraction of sp³-hybridized carbons (Fsp3) is 0.467. The summed E-state index contributed by atoms with van der Waals surface area (Å²) in [5.41, 5.74) is 7.00. The van der Waals surface area contributed by atoms with E-state index in [4.69, 9.17) is 10.5 Å². The molecule has 22 heavy (non-hydrogen) atoms. The minimum atomic E-state index is -0.167. The number of anilines is 2. The third-order valence-corrected chi connectivity index (χ3v) is 3.62. The lowest BCUT2D eigenvalue weighted by Crippen LogP contribution is -2.23. The second-order valence-electron chi connectivity index (χ2n) is 5.36. The molecular weight excluding hydrogens is 306 g/mol. The molecule has 1 aliphatic carbocycles. The maximum absolute atomic E-state index is 12.3. The van der Waals surface area contributed by atoms with Gasteiger partial charge in [-0.05, 0) is 37.5 Å². The number of benzene rings is 1. The number of rotatable bonds is 4. The van der Waals surface area contributed by atoms with Gasteiger partial charge in [-0.3, -0.25) is 9.59 Å². The highest BCUT2D eigenvalue weighted by molar-refractivity contribution is 5.96. The first-order valence-corrected chi connectivity index (χ1v) is 7.01. The number of carbonyl (C=O) groups is 2. The van der Waals surface area contributed by atoms with Crippen LogP contribution in [0.5, 0.6) is 5.75 Å². The van der Waals surface area contributed by atoms with Crippen LogP contribution in [-0.2, 0) is 9.59 Å². The Morgan fingerprint density at radius 3 is 2.55 bits per heavy atom. The summed E-state index contributed by atoms with van der Waals surface area (Å²) in [6.07, 6.45) is 2.39. The number of nitrogens with two attached hydrogens (primary N) is 1. The molecule has 0 aliphatic heterocycles. The molecular formula is C15H22ClN3O3. The molecule has 6 nitrogen and oxygen atoms in total. The molecule has 4 N–H and O–H groups in total. The molecule has 1 aromatic carbocycles. The van der Waals surface area contributed by atoms with Gasteiger partial charge in [-0.2, -0.15) is 0 Å². The molecule has 122 valence electrons. The lowest BCUT2D eigenvalue weighted by Gasteiger charge is -2.15. The van der Waals surface area contributed by atoms with Crippen LogP contribution in [0.1, 0.15) is 26.2 Å². The smallest absolute Gasteiger partial charge is 0.227 e. The number of ether oxygens (including phenoxy) is 1. The average Bonchev–Trinajstić information content (AvgIpc) is 2.85. The number of methoxy groups -OCH3 is 1. The van der Waals surface area contributed by atoms with Crippen LogP contribution in [0.4, 0.5) is 11.4 Å². The zero-order valence-corrected chi connectivity index (χ0v) is 13.5. The van der Waals surface area contributed by atoms with E-state index in [-0.39, 0.29) is 36.2 Å². The van der Waals surface area contributed by atoms with Gasteiger partial charge in [0.15, 0.2) is 0 Å². The largest absolute Gasteiger partial charge is 0.495 e. The lowest BCUT2D eigenvalue weighted by molar-refractivity contribution is -0.119. The van der Waals surface area contributed by atoms with E-state index in [9.17, 15) is 9.59 Å². The second-order valence-corrected chi connectivity index (χ2v) is 5.36. The monoisotopic (exact) mass is 327 g/mol. The van der Waals surface area contributed by atoms with Crippen LogP contribution in [0.2, 0.25) is 0 Å². The molecule has 1 aliphatic rings. The molecule has 0 saturated heterocycles. The highest BCUT2D eigenvalue weighted by Gasteiger charge is 2.28. The van der Waals surface area contributed by atoms with E-state index in [0.29, 0.717) is 23.5 Å². The number of hydrogen-bond donors (Lipinski definition) is 3. The number of halogens is 1. The van der Waals surface area contributed by atoms with E-state index in [2.05, 4.69) is 10.6 Å². The zero-order valence-electron chi connectivity index (χ0n) is 12.7. The standard InChI is InChI=1S/C15H21N3O3.ClH/c1-9(19)17-12-5-6-14(21-2)13(8-12)18-15(20)10-3-4-11(16)7-10;/h5-6,8,10-11H,3-4,7,16H2,1-2H3,(H,17,19)(H,18,20);1H. The van der Waals surface area contributed by atoms with Crippen molar-refractivity contribution in [2.24, 2.45) is 11.7 Å². The highest BCUT2D eigenvalue weighted by atomic mass is 35.5. The van der Waals surface area contributed by atoms with E-state index in [0.717, 1.165) is 12.8 Å². The normalized spacial score (nSPS) is 20.0. The van der Waals surface area contributed by atoms with E-state index >= 15 is 0 Å². The van der Waals surface area contributed by atoms with E-state index in [1.165, 1.54) is 14.0 Å². The Balaban J connectivity index is 0.00000242. The fourth-order valence-electron chi connectivity index (χ4n) is 2.58. The average molecular weight is 328 g/mol. The zero-order chi connectivity index (χ0) is 15.4. The predicted octanol–water partition coefficient (Wildman–Crippen LogP) is 2.14. The van der Waals surface area contributed by atoms with Crippen molar-refractivity contribution in [3.63, 3.8) is 0 Å². The Morgan fingerprint density at radius 1 is 1.27 bits per heavy atom. The van der Waals surface area contributed by atoms with Gasteiger partial charge in [-0.25, -0.2) is 0 Å². The summed E-state index contributed by atoms with van der Waals surface area (Å²) in [6.45, 7) is 1.43. The maximum Gasteiger partial charge on any atom is 0.227 e. The Morgan fingerprint density at radius 2 is 2.00 bits per heavy atom. The molecule has 2 rings (SSSR count). The lowest BCUT2D eigenvalue weighted by atomic mass is 10.1.